The number of carbonyl (C=O) groups is 3. The second-order valence-corrected chi connectivity index (χ2v) is 9.08. The van der Waals surface area contributed by atoms with Gasteiger partial charge in [0.25, 0.3) is 11.8 Å². The van der Waals surface area contributed by atoms with E-state index >= 15 is 0 Å². The van der Waals surface area contributed by atoms with E-state index in [0.717, 1.165) is 5.57 Å². The number of nitrogens with two attached hydrogens (primary N) is 2. The number of nitrogens with one attached hydrogen (secondary N) is 2. The summed E-state index contributed by atoms with van der Waals surface area (Å²) in [6, 6.07) is 6.95. The summed E-state index contributed by atoms with van der Waals surface area (Å²) in [4.78, 5) is 40.7. The fraction of sp³-hybridized carbons (Fsp3) is 0.231. The Kier molecular flexibility index (Phi) is 9.80. The Morgan fingerprint density at radius 3 is 2.55 bits per heavy atom. The van der Waals surface area contributed by atoms with Crippen LogP contribution in [0.5, 0.6) is 5.75 Å². The van der Waals surface area contributed by atoms with Gasteiger partial charge < -0.3 is 25.7 Å². The van der Waals surface area contributed by atoms with Crippen molar-refractivity contribution < 1.29 is 33.3 Å². The first-order chi connectivity index (χ1) is 19.0. The Morgan fingerprint density at radius 1 is 1.20 bits per heavy atom. The van der Waals surface area contributed by atoms with Gasteiger partial charge in [-0.05, 0) is 42.8 Å². The predicted molar refractivity (Wildman–Crippen MR) is 144 cm³/mol. The van der Waals surface area contributed by atoms with E-state index in [1.165, 1.54) is 55.3 Å². The lowest BCUT2D eigenvalue weighted by molar-refractivity contribution is -0.768. The number of carbonyl (C=O) groups excluding carboxylic acids is 3. The van der Waals surface area contributed by atoms with E-state index in [1.807, 2.05) is 0 Å². The maximum Gasteiger partial charge on any atom is 0.291 e. The smallest absolute Gasteiger partial charge is 0.291 e. The van der Waals surface area contributed by atoms with Gasteiger partial charge in [0.2, 0.25) is 11.7 Å². The fourth-order valence-electron chi connectivity index (χ4n) is 3.76. The molecule has 14 heteroatoms. The normalized spacial score (nSPS) is 11.2. The van der Waals surface area contributed by atoms with Gasteiger partial charge in [-0.15, -0.1) is 0 Å². The molecule has 0 aliphatic heterocycles. The van der Waals surface area contributed by atoms with Gasteiger partial charge >= 0.3 is 0 Å². The number of hydrogen-bond acceptors (Lipinski definition) is 6. The first-order valence-electron chi connectivity index (χ1n) is 11.9. The molecule has 1 heterocycles. The van der Waals surface area contributed by atoms with E-state index in [0.29, 0.717) is 0 Å². The van der Waals surface area contributed by atoms with E-state index in [-0.39, 0.29) is 52.2 Å². The highest BCUT2D eigenvalue weighted by Gasteiger charge is 2.22. The summed E-state index contributed by atoms with van der Waals surface area (Å²) >= 11 is 6.31. The Labute approximate surface area is 233 Å². The maximum atomic E-state index is 14.6. The quantitative estimate of drug-likeness (QED) is 0.202. The standard InChI is InChI=1S/C26H28ClF2N7O4/c1-14(12-36(31-2)13-21(30)37)10-33-25(38)16-6-5-15(9-18(16)27)34-26(39)24-32-11-19(35(24)3)17-7-8-20(40-4)23(29)22(17)28/h5-9,11-12,31H,10,13H2,1-4H3,(H2,30,37)(H,33,38)(H,34,39)/p+1/b14-12+. The number of benzene rings is 2. The molecule has 0 unspecified atom stereocenters. The van der Waals surface area contributed by atoms with Crippen molar-refractivity contribution in [1.82, 2.24) is 19.9 Å². The van der Waals surface area contributed by atoms with E-state index in [2.05, 4.69) is 15.6 Å². The molecule has 0 saturated heterocycles. The molecule has 0 atom stereocenters. The topological polar surface area (TPSA) is 148 Å². The van der Waals surface area contributed by atoms with Crippen molar-refractivity contribution >= 4 is 35.0 Å². The molecule has 212 valence electrons. The van der Waals surface area contributed by atoms with Crippen LogP contribution in [0.4, 0.5) is 14.5 Å². The minimum absolute atomic E-state index is 0.0112. The minimum Gasteiger partial charge on any atom is -0.494 e. The molecule has 0 saturated carbocycles. The number of hydrogen-bond donors (Lipinski definition) is 4. The number of amides is 3. The van der Waals surface area contributed by atoms with Crippen LogP contribution >= 0.6 is 11.6 Å². The average molecular weight is 577 g/mol. The molecular formula is C26H29ClF2N7O4+. The van der Waals surface area contributed by atoms with Gasteiger partial charge in [-0.1, -0.05) is 11.6 Å². The zero-order chi connectivity index (χ0) is 29.6. The molecule has 1 aromatic heterocycles. The van der Waals surface area contributed by atoms with Gasteiger partial charge in [0.05, 0.1) is 42.8 Å². The number of methoxy groups -OCH3 is 1. The van der Waals surface area contributed by atoms with Crippen LogP contribution in [0.3, 0.4) is 0 Å². The van der Waals surface area contributed by atoms with Gasteiger partial charge in [-0.3, -0.25) is 14.4 Å². The summed E-state index contributed by atoms with van der Waals surface area (Å²) in [7, 11) is 4.46. The Hall–Kier alpha value is -4.49. The van der Waals surface area contributed by atoms with Gasteiger partial charge in [0.15, 0.2) is 17.4 Å². The van der Waals surface area contributed by atoms with E-state index in [1.54, 1.807) is 30.6 Å². The van der Waals surface area contributed by atoms with Crippen LogP contribution in [0.25, 0.3) is 11.3 Å². The third kappa shape index (κ3) is 6.93. The number of imidazole rings is 1. The number of anilines is 1. The number of rotatable bonds is 11. The van der Waals surface area contributed by atoms with Crippen molar-refractivity contribution in [3.8, 4) is 17.0 Å². The van der Waals surface area contributed by atoms with E-state index in [4.69, 9.17) is 22.1 Å². The number of primary amides is 1. The van der Waals surface area contributed by atoms with Crippen molar-refractivity contribution in [2.45, 2.75) is 6.92 Å². The third-order valence-electron chi connectivity index (χ3n) is 5.79. The molecule has 6 N–H and O–H groups in total. The average Bonchev–Trinajstić information content (AvgIpc) is 3.29. The maximum absolute atomic E-state index is 14.6. The molecule has 11 nitrogen and oxygen atoms in total. The lowest BCUT2D eigenvalue weighted by Gasteiger charge is -2.15. The highest BCUT2D eigenvalue weighted by atomic mass is 35.5. The zero-order valence-electron chi connectivity index (χ0n) is 22.2. The van der Waals surface area contributed by atoms with Gasteiger partial charge in [0, 0.05) is 24.8 Å². The molecule has 3 rings (SSSR count). The second-order valence-electron chi connectivity index (χ2n) is 8.67. The highest BCUT2D eigenvalue weighted by molar-refractivity contribution is 6.34. The first-order valence-corrected chi connectivity index (χ1v) is 12.3. The molecule has 0 radical (unpaired) electrons. The number of aromatic nitrogens is 2. The molecule has 0 bridgehead atoms. The van der Waals surface area contributed by atoms with Crippen LogP contribution in [0.15, 0.2) is 48.3 Å². The SMILES string of the molecule is C[NH2+]N(/C=C(\C)CNC(=O)c1ccc(NC(=O)c2ncc(-c3ccc(OC)c(F)c3F)n2C)cc1Cl)CC(N)=O. The van der Waals surface area contributed by atoms with Crippen molar-refractivity contribution in [2.75, 3.05) is 32.6 Å². The number of nitrogens with zero attached hydrogens (tertiary/aromatic N) is 3. The fourth-order valence-corrected chi connectivity index (χ4v) is 4.02. The monoisotopic (exact) mass is 576 g/mol. The van der Waals surface area contributed by atoms with Crippen LogP contribution in [-0.4, -0.2) is 59.5 Å². The van der Waals surface area contributed by atoms with Crippen molar-refractivity contribution in [1.29, 1.82) is 0 Å². The first kappa shape index (κ1) is 30.1. The molecule has 0 fully saturated rings. The van der Waals surface area contributed by atoms with Gasteiger partial charge in [-0.25, -0.2) is 19.8 Å². The van der Waals surface area contributed by atoms with Crippen molar-refractivity contribution in [2.24, 2.45) is 12.8 Å². The predicted octanol–water partition coefficient (Wildman–Crippen LogP) is 1.81. The van der Waals surface area contributed by atoms with E-state index in [9.17, 15) is 23.2 Å². The lowest BCUT2D eigenvalue weighted by atomic mass is 10.1. The van der Waals surface area contributed by atoms with Crippen molar-refractivity contribution in [3.63, 3.8) is 0 Å². The number of halogens is 3. The highest BCUT2D eigenvalue weighted by Crippen LogP contribution is 2.30. The summed E-state index contributed by atoms with van der Waals surface area (Å²) < 4.78 is 34.9. The lowest BCUT2D eigenvalue weighted by Crippen LogP contribution is -2.89. The van der Waals surface area contributed by atoms with Crippen LogP contribution < -0.4 is 26.5 Å². The van der Waals surface area contributed by atoms with Gasteiger partial charge in [0.1, 0.15) is 6.54 Å². The third-order valence-corrected chi connectivity index (χ3v) is 6.10. The molecular weight excluding hydrogens is 548 g/mol. The Balaban J connectivity index is 1.69. The summed E-state index contributed by atoms with van der Waals surface area (Å²) in [5.41, 5.74) is 8.21. The second kappa shape index (κ2) is 13.0. The molecule has 0 spiro atoms. The molecule has 0 aliphatic carbocycles. The largest absolute Gasteiger partial charge is 0.494 e. The Morgan fingerprint density at radius 2 is 1.93 bits per heavy atom. The molecule has 3 amide bonds. The zero-order valence-corrected chi connectivity index (χ0v) is 23.0. The summed E-state index contributed by atoms with van der Waals surface area (Å²) in [5, 5.41) is 7.05. The van der Waals surface area contributed by atoms with E-state index < -0.39 is 29.4 Å². The van der Waals surface area contributed by atoms with Crippen LogP contribution in [-0.2, 0) is 11.8 Å². The molecule has 3 aromatic rings. The van der Waals surface area contributed by atoms with Crippen LogP contribution in [0, 0.1) is 11.6 Å². The Bertz CT molecular complexity index is 1480. The minimum atomic E-state index is -1.15. The van der Waals surface area contributed by atoms with Crippen LogP contribution in [0.2, 0.25) is 5.02 Å². The summed E-state index contributed by atoms with van der Waals surface area (Å²) in [6.07, 6.45) is 2.94. The van der Waals surface area contributed by atoms with Crippen molar-refractivity contribution in [3.05, 3.63) is 76.3 Å². The molecule has 0 aliphatic rings. The molecule has 40 heavy (non-hydrogen) atoms. The number of ether oxygens (including phenoxy) is 1. The number of quaternary nitrogens is 1. The summed E-state index contributed by atoms with van der Waals surface area (Å²) in [6.45, 7) is 1.98. The summed E-state index contributed by atoms with van der Waals surface area (Å²) in [5.74, 6) is -4.17. The van der Waals surface area contributed by atoms with Gasteiger partial charge in [-0.2, -0.15) is 4.39 Å². The molecule has 2 aromatic carbocycles. The van der Waals surface area contributed by atoms with Crippen LogP contribution in [0.1, 0.15) is 27.9 Å².